The first-order valence-corrected chi connectivity index (χ1v) is 8.83. The Morgan fingerprint density at radius 1 is 1.11 bits per heavy atom. The second-order valence-electron chi connectivity index (χ2n) is 6.35. The number of halogens is 3. The third kappa shape index (κ3) is 6.34. The van der Waals surface area contributed by atoms with Gasteiger partial charge in [-0.3, -0.25) is 9.69 Å². The Morgan fingerprint density at radius 3 is 2.39 bits per heavy atom. The largest absolute Gasteiger partial charge is 0.399 e. The molecule has 2 aromatic carbocycles. The molecule has 1 heterocycles. The fourth-order valence-corrected chi connectivity index (χ4v) is 3.15. The van der Waals surface area contributed by atoms with Gasteiger partial charge >= 0.3 is 0 Å². The van der Waals surface area contributed by atoms with Gasteiger partial charge < -0.3 is 15.8 Å². The quantitative estimate of drug-likeness (QED) is 0.692. The summed E-state index contributed by atoms with van der Waals surface area (Å²) in [7, 11) is 0. The summed E-state index contributed by atoms with van der Waals surface area (Å²) >= 11 is 0. The molecule has 28 heavy (non-hydrogen) atoms. The molecule has 1 amide bonds. The molecule has 1 aliphatic heterocycles. The van der Waals surface area contributed by atoms with Gasteiger partial charge in [-0.25, -0.2) is 4.39 Å². The van der Waals surface area contributed by atoms with E-state index in [4.69, 9.17) is 10.5 Å². The first-order valence-electron chi connectivity index (χ1n) is 8.83. The van der Waals surface area contributed by atoms with Gasteiger partial charge in [-0.1, -0.05) is 30.3 Å². The highest BCUT2D eigenvalue weighted by molar-refractivity contribution is 5.85. The Labute approximate surface area is 177 Å². The van der Waals surface area contributed by atoms with E-state index in [-0.39, 0.29) is 36.5 Å². The molecule has 5 nitrogen and oxygen atoms in total. The number of rotatable bonds is 6. The maximum Gasteiger partial charge on any atom is 0.242 e. The van der Waals surface area contributed by atoms with Crippen molar-refractivity contribution >= 4 is 36.4 Å². The van der Waals surface area contributed by atoms with Crippen molar-refractivity contribution in [3.8, 4) is 0 Å². The molecule has 0 radical (unpaired) electrons. The van der Waals surface area contributed by atoms with Gasteiger partial charge in [0, 0.05) is 30.9 Å². The second kappa shape index (κ2) is 11.9. The summed E-state index contributed by atoms with van der Waals surface area (Å²) in [5, 5.41) is 2.95. The summed E-state index contributed by atoms with van der Waals surface area (Å²) in [4.78, 5) is 14.8. The van der Waals surface area contributed by atoms with Crippen LogP contribution >= 0.6 is 24.8 Å². The second-order valence-corrected chi connectivity index (χ2v) is 6.35. The summed E-state index contributed by atoms with van der Waals surface area (Å²) in [6, 6.07) is 13.4. The molecule has 0 aliphatic carbocycles. The van der Waals surface area contributed by atoms with Crippen LogP contribution in [0.4, 0.5) is 10.1 Å². The molecule has 3 N–H and O–H groups in total. The van der Waals surface area contributed by atoms with Gasteiger partial charge in [-0.2, -0.15) is 0 Å². The molecule has 1 aliphatic rings. The van der Waals surface area contributed by atoms with Crippen LogP contribution in [0.25, 0.3) is 0 Å². The van der Waals surface area contributed by atoms with E-state index in [9.17, 15) is 9.18 Å². The smallest absolute Gasteiger partial charge is 0.242 e. The van der Waals surface area contributed by atoms with E-state index in [0.717, 1.165) is 5.56 Å². The highest BCUT2D eigenvalue weighted by atomic mass is 35.5. The average Bonchev–Trinajstić information content (AvgIpc) is 2.66. The van der Waals surface area contributed by atoms with Crippen LogP contribution in [0.15, 0.2) is 48.5 Å². The summed E-state index contributed by atoms with van der Waals surface area (Å²) in [6.07, 6.45) is 0.694. The molecule has 1 atom stereocenters. The van der Waals surface area contributed by atoms with Gasteiger partial charge in [0.1, 0.15) is 11.9 Å². The number of nitrogens with two attached hydrogens (primary N) is 1. The number of hydrogen-bond donors (Lipinski definition) is 2. The molecule has 0 saturated carbocycles. The van der Waals surface area contributed by atoms with Crippen molar-refractivity contribution in [1.29, 1.82) is 0 Å². The first-order chi connectivity index (χ1) is 12.6. The SMILES string of the molecule is Cl.Cl.Nc1ccc(CCNC(=O)C(c2ccccc2F)N2CCOCC2)cc1. The Kier molecular flexibility index (Phi) is 10.2. The lowest BCUT2D eigenvalue weighted by molar-refractivity contribution is -0.128. The van der Waals surface area contributed by atoms with Crippen molar-refractivity contribution in [1.82, 2.24) is 10.2 Å². The molecule has 8 heteroatoms. The van der Waals surface area contributed by atoms with E-state index in [1.807, 2.05) is 29.2 Å². The number of ether oxygens (including phenoxy) is 1. The molecule has 154 valence electrons. The molecule has 0 aromatic heterocycles. The van der Waals surface area contributed by atoms with Crippen molar-refractivity contribution in [3.63, 3.8) is 0 Å². The summed E-state index contributed by atoms with van der Waals surface area (Å²) < 4.78 is 19.7. The Hall–Kier alpha value is -1.86. The van der Waals surface area contributed by atoms with Gasteiger partial charge in [0.25, 0.3) is 0 Å². The fraction of sp³-hybridized carbons (Fsp3) is 0.350. The molecule has 0 bridgehead atoms. The van der Waals surface area contributed by atoms with Crippen LogP contribution in [0.1, 0.15) is 17.2 Å². The number of benzene rings is 2. The topological polar surface area (TPSA) is 67.6 Å². The molecular formula is C20H26Cl2FN3O2. The monoisotopic (exact) mass is 429 g/mol. The van der Waals surface area contributed by atoms with Crippen LogP contribution in [0, 0.1) is 5.82 Å². The lowest BCUT2D eigenvalue weighted by Crippen LogP contribution is -2.46. The van der Waals surface area contributed by atoms with Crippen LogP contribution in [0.3, 0.4) is 0 Å². The summed E-state index contributed by atoms with van der Waals surface area (Å²) in [6.45, 7) is 2.78. The number of carbonyl (C=O) groups excluding carboxylic acids is 1. The number of nitrogens with one attached hydrogen (secondary N) is 1. The van der Waals surface area contributed by atoms with Crippen LogP contribution in [-0.4, -0.2) is 43.7 Å². The number of nitrogens with zero attached hydrogens (tertiary/aromatic N) is 1. The molecule has 3 rings (SSSR count). The minimum Gasteiger partial charge on any atom is -0.399 e. The molecule has 1 unspecified atom stereocenters. The number of morpholine rings is 1. The van der Waals surface area contributed by atoms with Gasteiger partial charge in [-0.05, 0) is 30.2 Å². The van der Waals surface area contributed by atoms with E-state index in [1.165, 1.54) is 6.07 Å². The zero-order chi connectivity index (χ0) is 18.4. The van der Waals surface area contributed by atoms with Gasteiger partial charge in [-0.15, -0.1) is 24.8 Å². The third-order valence-corrected chi connectivity index (χ3v) is 4.55. The normalized spacial score (nSPS) is 15.0. The van der Waals surface area contributed by atoms with Gasteiger partial charge in [0.05, 0.1) is 13.2 Å². The minimum absolute atomic E-state index is 0. The number of hydrogen-bond acceptors (Lipinski definition) is 4. The van der Waals surface area contributed by atoms with Gasteiger partial charge in [0.15, 0.2) is 0 Å². The number of anilines is 1. The highest BCUT2D eigenvalue weighted by Gasteiger charge is 2.30. The molecule has 1 fully saturated rings. The lowest BCUT2D eigenvalue weighted by atomic mass is 10.0. The molecule has 1 saturated heterocycles. The van der Waals surface area contributed by atoms with E-state index in [1.54, 1.807) is 18.2 Å². The fourth-order valence-electron chi connectivity index (χ4n) is 3.15. The van der Waals surface area contributed by atoms with Gasteiger partial charge in [0.2, 0.25) is 5.91 Å². The summed E-state index contributed by atoms with van der Waals surface area (Å²) in [5.41, 5.74) is 7.89. The third-order valence-electron chi connectivity index (χ3n) is 4.55. The molecular weight excluding hydrogens is 404 g/mol. The predicted molar refractivity (Wildman–Crippen MR) is 114 cm³/mol. The van der Waals surface area contributed by atoms with Crippen molar-refractivity contribution < 1.29 is 13.9 Å². The number of amides is 1. The first kappa shape index (κ1) is 24.2. The Bertz CT molecular complexity index is 740. The molecule has 2 aromatic rings. The van der Waals surface area contributed by atoms with Crippen molar-refractivity contribution in [2.75, 3.05) is 38.6 Å². The van der Waals surface area contributed by atoms with Crippen molar-refractivity contribution in [2.45, 2.75) is 12.5 Å². The van der Waals surface area contributed by atoms with Crippen molar-refractivity contribution in [2.24, 2.45) is 0 Å². The zero-order valence-corrected chi connectivity index (χ0v) is 17.1. The predicted octanol–water partition coefficient (Wildman–Crippen LogP) is 2.98. The zero-order valence-electron chi connectivity index (χ0n) is 15.5. The minimum atomic E-state index is -0.647. The average molecular weight is 430 g/mol. The highest BCUT2D eigenvalue weighted by Crippen LogP contribution is 2.24. The van der Waals surface area contributed by atoms with E-state index in [2.05, 4.69) is 5.32 Å². The van der Waals surface area contributed by atoms with Crippen LogP contribution < -0.4 is 11.1 Å². The van der Waals surface area contributed by atoms with E-state index in [0.29, 0.717) is 50.5 Å². The Morgan fingerprint density at radius 2 is 1.75 bits per heavy atom. The van der Waals surface area contributed by atoms with Crippen LogP contribution in [0.2, 0.25) is 0 Å². The van der Waals surface area contributed by atoms with E-state index < -0.39 is 6.04 Å². The van der Waals surface area contributed by atoms with E-state index >= 15 is 0 Å². The molecule has 0 spiro atoms. The maximum absolute atomic E-state index is 14.3. The Balaban J connectivity index is 0.00000196. The van der Waals surface area contributed by atoms with Crippen molar-refractivity contribution in [3.05, 3.63) is 65.5 Å². The summed E-state index contributed by atoms with van der Waals surface area (Å²) in [5.74, 6) is -0.551. The standard InChI is InChI=1S/C20H24FN3O2.2ClH/c21-18-4-2-1-3-17(18)19(24-11-13-26-14-12-24)20(25)23-10-9-15-5-7-16(22)8-6-15;;/h1-8,19H,9-14,22H2,(H,23,25);2*1H. The number of carbonyl (C=O) groups is 1. The number of nitrogen functional groups attached to an aromatic ring is 1. The van der Waals surface area contributed by atoms with Crippen LogP contribution in [-0.2, 0) is 16.0 Å². The maximum atomic E-state index is 14.3. The lowest BCUT2D eigenvalue weighted by Gasteiger charge is -2.34. The van der Waals surface area contributed by atoms with Crippen LogP contribution in [0.5, 0.6) is 0 Å².